The van der Waals surface area contributed by atoms with Crippen molar-refractivity contribution in [1.82, 2.24) is 15.8 Å². The molecule has 1 saturated carbocycles. The molecule has 0 atom stereocenters. The van der Waals surface area contributed by atoms with Crippen molar-refractivity contribution in [2.45, 2.75) is 44.9 Å². The summed E-state index contributed by atoms with van der Waals surface area (Å²) in [5, 5.41) is 10.7. The van der Waals surface area contributed by atoms with Gasteiger partial charge in [0.05, 0.1) is 5.69 Å². The number of guanidine groups is 1. The highest BCUT2D eigenvalue weighted by molar-refractivity contribution is 5.79. The molecule has 0 amide bonds. The molecular formula is C20H27FN4O. The van der Waals surface area contributed by atoms with Gasteiger partial charge >= 0.3 is 0 Å². The molecule has 0 aliphatic heterocycles. The fraction of sp³-hybridized carbons (Fsp3) is 0.500. The molecule has 1 aromatic heterocycles. The van der Waals surface area contributed by atoms with E-state index in [-0.39, 0.29) is 11.2 Å². The lowest BCUT2D eigenvalue weighted by Gasteiger charge is -2.19. The maximum absolute atomic E-state index is 14.1. The Labute approximate surface area is 154 Å². The average molecular weight is 358 g/mol. The summed E-state index contributed by atoms with van der Waals surface area (Å²) >= 11 is 0. The van der Waals surface area contributed by atoms with Crippen molar-refractivity contribution in [2.75, 3.05) is 20.1 Å². The zero-order valence-corrected chi connectivity index (χ0v) is 15.7. The van der Waals surface area contributed by atoms with Crippen LogP contribution in [0.2, 0.25) is 0 Å². The van der Waals surface area contributed by atoms with Crippen LogP contribution in [0.25, 0.3) is 0 Å². The van der Waals surface area contributed by atoms with E-state index in [2.05, 4.69) is 20.8 Å². The van der Waals surface area contributed by atoms with Gasteiger partial charge in [0.1, 0.15) is 11.6 Å². The van der Waals surface area contributed by atoms with Gasteiger partial charge in [-0.3, -0.25) is 4.99 Å². The molecular weight excluding hydrogens is 331 g/mol. The number of hydrogen-bond acceptors (Lipinski definition) is 3. The van der Waals surface area contributed by atoms with Gasteiger partial charge in [-0.1, -0.05) is 23.4 Å². The predicted octanol–water partition coefficient (Wildman–Crippen LogP) is 3.26. The van der Waals surface area contributed by atoms with Crippen molar-refractivity contribution in [2.24, 2.45) is 4.99 Å². The average Bonchev–Trinajstić information content (AvgIpc) is 3.36. The lowest BCUT2D eigenvalue weighted by atomic mass is 9.95. The SMILES string of the molecule is CN=C(NCCCc1c(C)noc1C)NCC1(c2ccccc2F)CC1. The maximum atomic E-state index is 14.1. The first-order valence-electron chi connectivity index (χ1n) is 9.17. The number of aromatic nitrogens is 1. The van der Waals surface area contributed by atoms with Crippen molar-refractivity contribution in [3.63, 3.8) is 0 Å². The molecule has 0 unspecified atom stereocenters. The summed E-state index contributed by atoms with van der Waals surface area (Å²) in [7, 11) is 1.76. The predicted molar refractivity (Wildman–Crippen MR) is 101 cm³/mol. The largest absolute Gasteiger partial charge is 0.361 e. The molecule has 2 N–H and O–H groups in total. The van der Waals surface area contributed by atoms with E-state index in [1.807, 2.05) is 26.0 Å². The topological polar surface area (TPSA) is 62.5 Å². The van der Waals surface area contributed by atoms with Crippen molar-refractivity contribution < 1.29 is 8.91 Å². The van der Waals surface area contributed by atoms with Gasteiger partial charge in [-0.05, 0) is 51.2 Å². The van der Waals surface area contributed by atoms with Gasteiger partial charge in [0.25, 0.3) is 0 Å². The van der Waals surface area contributed by atoms with Crippen molar-refractivity contribution in [1.29, 1.82) is 0 Å². The van der Waals surface area contributed by atoms with Gasteiger partial charge in [-0.2, -0.15) is 0 Å². The summed E-state index contributed by atoms with van der Waals surface area (Å²) in [6.45, 7) is 5.41. The summed E-state index contributed by atoms with van der Waals surface area (Å²) in [6.07, 6.45) is 3.89. The molecule has 1 fully saturated rings. The Kier molecular flexibility index (Phi) is 5.59. The smallest absolute Gasteiger partial charge is 0.191 e. The monoisotopic (exact) mass is 358 g/mol. The molecule has 26 heavy (non-hydrogen) atoms. The highest BCUT2D eigenvalue weighted by atomic mass is 19.1. The Morgan fingerprint density at radius 1 is 1.27 bits per heavy atom. The highest BCUT2D eigenvalue weighted by Crippen LogP contribution is 2.48. The Hall–Kier alpha value is -2.37. The molecule has 1 aliphatic rings. The summed E-state index contributed by atoms with van der Waals surface area (Å²) < 4.78 is 19.3. The van der Waals surface area contributed by atoms with Gasteiger partial charge in [0.2, 0.25) is 0 Å². The van der Waals surface area contributed by atoms with Gasteiger partial charge in [0, 0.05) is 31.1 Å². The summed E-state index contributed by atoms with van der Waals surface area (Å²) in [5.41, 5.74) is 2.86. The number of nitrogens with zero attached hydrogens (tertiary/aromatic N) is 2. The second-order valence-corrected chi connectivity index (χ2v) is 7.02. The lowest BCUT2D eigenvalue weighted by Crippen LogP contribution is -2.41. The summed E-state index contributed by atoms with van der Waals surface area (Å²) in [4.78, 5) is 4.27. The Balaban J connectivity index is 1.46. The molecule has 0 radical (unpaired) electrons. The van der Waals surface area contributed by atoms with Crippen LogP contribution in [0.5, 0.6) is 0 Å². The van der Waals surface area contributed by atoms with E-state index >= 15 is 0 Å². The van der Waals surface area contributed by atoms with Crippen molar-refractivity contribution in [3.05, 3.63) is 52.7 Å². The molecule has 1 aromatic carbocycles. The highest BCUT2D eigenvalue weighted by Gasteiger charge is 2.45. The normalized spacial score (nSPS) is 15.8. The lowest BCUT2D eigenvalue weighted by molar-refractivity contribution is 0.392. The number of rotatable bonds is 7. The van der Waals surface area contributed by atoms with Gasteiger partial charge in [-0.15, -0.1) is 0 Å². The Morgan fingerprint density at radius 3 is 2.65 bits per heavy atom. The number of aryl methyl sites for hydroxylation is 2. The third-order valence-electron chi connectivity index (χ3n) is 5.19. The Bertz CT molecular complexity index is 760. The van der Waals surface area contributed by atoms with Crippen LogP contribution in [0.15, 0.2) is 33.8 Å². The van der Waals surface area contributed by atoms with Gasteiger partial charge < -0.3 is 15.2 Å². The van der Waals surface area contributed by atoms with E-state index in [4.69, 9.17) is 4.52 Å². The minimum absolute atomic E-state index is 0.0976. The second-order valence-electron chi connectivity index (χ2n) is 7.02. The summed E-state index contributed by atoms with van der Waals surface area (Å²) in [5.74, 6) is 1.53. The molecule has 6 heteroatoms. The molecule has 140 valence electrons. The van der Waals surface area contributed by atoms with Crippen LogP contribution >= 0.6 is 0 Å². The van der Waals surface area contributed by atoms with Gasteiger partial charge in [0.15, 0.2) is 5.96 Å². The Morgan fingerprint density at radius 2 is 2.04 bits per heavy atom. The number of halogens is 1. The molecule has 3 rings (SSSR count). The van der Waals surface area contributed by atoms with E-state index in [9.17, 15) is 4.39 Å². The minimum atomic E-state index is -0.116. The first-order valence-corrected chi connectivity index (χ1v) is 9.17. The molecule has 0 spiro atoms. The number of nitrogens with one attached hydrogen (secondary N) is 2. The standard InChI is InChI=1S/C20H27FN4O/c1-14-16(15(2)26-25-14)7-6-12-23-19(22-3)24-13-20(10-11-20)17-8-4-5-9-18(17)21/h4-5,8-9H,6-7,10-13H2,1-3H3,(H2,22,23,24). The molecule has 1 heterocycles. The van der Waals surface area contributed by atoms with Crippen molar-refractivity contribution >= 4 is 5.96 Å². The zero-order chi connectivity index (χ0) is 18.6. The quantitative estimate of drug-likeness (QED) is 0.453. The fourth-order valence-electron chi connectivity index (χ4n) is 3.39. The zero-order valence-electron chi connectivity index (χ0n) is 15.7. The van der Waals surface area contributed by atoms with Crippen LogP contribution in [-0.2, 0) is 11.8 Å². The first-order chi connectivity index (χ1) is 12.6. The maximum Gasteiger partial charge on any atom is 0.191 e. The number of benzene rings is 1. The molecule has 0 bridgehead atoms. The van der Waals surface area contributed by atoms with Gasteiger partial charge in [-0.25, -0.2) is 4.39 Å². The van der Waals surface area contributed by atoms with E-state index in [1.165, 1.54) is 11.6 Å². The van der Waals surface area contributed by atoms with Crippen LogP contribution in [-0.4, -0.2) is 31.3 Å². The third-order valence-corrected chi connectivity index (χ3v) is 5.19. The van der Waals surface area contributed by atoms with Crippen LogP contribution in [0.1, 0.15) is 41.8 Å². The molecule has 1 aliphatic carbocycles. The van der Waals surface area contributed by atoms with E-state index in [0.717, 1.165) is 55.2 Å². The van der Waals surface area contributed by atoms with Crippen LogP contribution in [0.3, 0.4) is 0 Å². The van der Waals surface area contributed by atoms with E-state index < -0.39 is 0 Å². The van der Waals surface area contributed by atoms with Crippen molar-refractivity contribution in [3.8, 4) is 0 Å². The van der Waals surface area contributed by atoms with E-state index in [1.54, 1.807) is 13.1 Å². The molecule has 0 saturated heterocycles. The fourth-order valence-corrected chi connectivity index (χ4v) is 3.39. The van der Waals surface area contributed by atoms with Crippen LogP contribution in [0.4, 0.5) is 4.39 Å². The van der Waals surface area contributed by atoms with E-state index in [0.29, 0.717) is 6.54 Å². The first kappa shape index (κ1) is 18.4. The molecule has 2 aromatic rings. The third kappa shape index (κ3) is 4.06. The summed E-state index contributed by atoms with van der Waals surface area (Å²) in [6, 6.07) is 7.07. The number of hydrogen-bond donors (Lipinski definition) is 2. The number of aliphatic imine (C=N–C) groups is 1. The minimum Gasteiger partial charge on any atom is -0.361 e. The van der Waals surface area contributed by atoms with Crippen LogP contribution in [0, 0.1) is 19.7 Å². The molecule has 5 nitrogen and oxygen atoms in total. The van der Waals surface area contributed by atoms with Crippen LogP contribution < -0.4 is 10.6 Å². The second kappa shape index (κ2) is 7.89.